The molecule has 11 nitrogen and oxygen atoms in total. The molecular formula is C23H28N2O9. The molecule has 4 N–H and O–H groups in total. The SMILES string of the molecule is CCOC(=O)c1c(C)n(C)c2ccc(OCC(O)CNCc3ccco3)cc12.O=C(O)C(=O)O. The van der Waals surface area contributed by atoms with Gasteiger partial charge in [0, 0.05) is 30.2 Å². The molecule has 0 saturated carbocycles. The minimum absolute atomic E-state index is 0.136. The first-order valence-corrected chi connectivity index (χ1v) is 10.4. The van der Waals surface area contributed by atoms with Crippen LogP contribution in [0.25, 0.3) is 10.9 Å². The Morgan fingerprint density at radius 2 is 1.88 bits per heavy atom. The van der Waals surface area contributed by atoms with Gasteiger partial charge in [0.2, 0.25) is 0 Å². The molecular weight excluding hydrogens is 448 g/mol. The summed E-state index contributed by atoms with van der Waals surface area (Å²) in [5.41, 5.74) is 2.31. The third-order valence-electron chi connectivity index (χ3n) is 4.83. The Morgan fingerprint density at radius 3 is 2.47 bits per heavy atom. The van der Waals surface area contributed by atoms with Crippen LogP contribution in [0.2, 0.25) is 0 Å². The Morgan fingerprint density at radius 1 is 1.18 bits per heavy atom. The van der Waals surface area contributed by atoms with Gasteiger partial charge in [0.15, 0.2) is 0 Å². The van der Waals surface area contributed by atoms with E-state index in [-0.39, 0.29) is 12.6 Å². The van der Waals surface area contributed by atoms with Crippen LogP contribution in [-0.2, 0) is 27.9 Å². The van der Waals surface area contributed by atoms with E-state index in [1.54, 1.807) is 13.2 Å². The molecule has 184 valence electrons. The maximum Gasteiger partial charge on any atom is 0.414 e. The summed E-state index contributed by atoms with van der Waals surface area (Å²) in [6, 6.07) is 9.25. The Bertz CT molecular complexity index is 1110. The summed E-state index contributed by atoms with van der Waals surface area (Å²) >= 11 is 0. The van der Waals surface area contributed by atoms with Gasteiger partial charge in [0.05, 0.1) is 25.0 Å². The number of furan rings is 1. The molecule has 11 heteroatoms. The lowest BCUT2D eigenvalue weighted by atomic mass is 10.1. The predicted octanol–water partition coefficient (Wildman–Crippen LogP) is 1.94. The average Bonchev–Trinajstić information content (AvgIpc) is 3.39. The molecule has 0 fully saturated rings. The van der Waals surface area contributed by atoms with Gasteiger partial charge in [0.25, 0.3) is 0 Å². The zero-order valence-corrected chi connectivity index (χ0v) is 19.1. The molecule has 3 aromatic rings. The van der Waals surface area contributed by atoms with E-state index in [2.05, 4.69) is 5.32 Å². The number of nitrogens with one attached hydrogen (secondary N) is 1. The van der Waals surface area contributed by atoms with E-state index in [1.807, 2.05) is 48.9 Å². The van der Waals surface area contributed by atoms with Gasteiger partial charge in [-0.1, -0.05) is 0 Å². The van der Waals surface area contributed by atoms with E-state index in [0.717, 1.165) is 22.4 Å². The van der Waals surface area contributed by atoms with Gasteiger partial charge in [-0.05, 0) is 44.2 Å². The number of aromatic nitrogens is 1. The van der Waals surface area contributed by atoms with Crippen LogP contribution in [0.15, 0.2) is 41.0 Å². The monoisotopic (exact) mass is 476 g/mol. The second-order valence-corrected chi connectivity index (χ2v) is 7.20. The zero-order chi connectivity index (χ0) is 25.3. The van der Waals surface area contributed by atoms with E-state index in [9.17, 15) is 9.90 Å². The second-order valence-electron chi connectivity index (χ2n) is 7.20. The minimum Gasteiger partial charge on any atom is -0.491 e. The number of aliphatic hydroxyl groups excluding tert-OH is 1. The van der Waals surface area contributed by atoms with Gasteiger partial charge in [-0.3, -0.25) is 0 Å². The van der Waals surface area contributed by atoms with Crippen molar-refractivity contribution in [3.63, 3.8) is 0 Å². The van der Waals surface area contributed by atoms with Crippen LogP contribution in [0.1, 0.15) is 28.7 Å². The molecule has 0 spiro atoms. The summed E-state index contributed by atoms with van der Waals surface area (Å²) in [6.45, 7) is 5.05. The lowest BCUT2D eigenvalue weighted by Gasteiger charge is -2.13. The quantitative estimate of drug-likeness (QED) is 0.265. The first kappa shape index (κ1) is 26.4. The van der Waals surface area contributed by atoms with E-state index >= 15 is 0 Å². The normalized spacial score (nSPS) is 11.4. The van der Waals surface area contributed by atoms with Crippen molar-refractivity contribution in [3.8, 4) is 5.75 Å². The molecule has 34 heavy (non-hydrogen) atoms. The highest BCUT2D eigenvalue weighted by Crippen LogP contribution is 2.29. The molecule has 0 saturated heterocycles. The maximum atomic E-state index is 12.4. The molecule has 0 aliphatic heterocycles. The Labute approximate surface area is 195 Å². The van der Waals surface area contributed by atoms with Crippen molar-refractivity contribution < 1.29 is 43.6 Å². The minimum atomic E-state index is -1.82. The van der Waals surface area contributed by atoms with Gasteiger partial charge in [0.1, 0.15) is 24.2 Å². The summed E-state index contributed by atoms with van der Waals surface area (Å²) < 4.78 is 18.1. The Balaban J connectivity index is 0.000000604. The number of benzene rings is 1. The lowest BCUT2D eigenvalue weighted by Crippen LogP contribution is -2.31. The summed E-state index contributed by atoms with van der Waals surface area (Å²) in [6.07, 6.45) is 0.940. The van der Waals surface area contributed by atoms with Crippen molar-refractivity contribution in [2.45, 2.75) is 26.5 Å². The van der Waals surface area contributed by atoms with E-state index in [4.69, 9.17) is 33.7 Å². The number of fused-ring (bicyclic) bond motifs is 1. The summed E-state index contributed by atoms with van der Waals surface area (Å²) in [4.78, 5) is 30.6. The fourth-order valence-electron chi connectivity index (χ4n) is 3.13. The fraction of sp³-hybridized carbons (Fsp3) is 0.348. The van der Waals surface area contributed by atoms with Crippen molar-refractivity contribution in [3.05, 3.63) is 53.6 Å². The zero-order valence-electron chi connectivity index (χ0n) is 19.1. The first-order valence-electron chi connectivity index (χ1n) is 10.4. The summed E-state index contributed by atoms with van der Waals surface area (Å²) in [7, 11) is 1.91. The lowest BCUT2D eigenvalue weighted by molar-refractivity contribution is -0.159. The fourth-order valence-corrected chi connectivity index (χ4v) is 3.13. The highest BCUT2D eigenvalue weighted by atomic mass is 16.5. The number of carbonyl (C=O) groups is 3. The highest BCUT2D eigenvalue weighted by molar-refractivity contribution is 6.27. The van der Waals surface area contributed by atoms with Crippen molar-refractivity contribution in [2.75, 3.05) is 19.8 Å². The third-order valence-corrected chi connectivity index (χ3v) is 4.83. The number of aliphatic carboxylic acids is 2. The number of carbonyl (C=O) groups excluding carboxylic acids is 1. The molecule has 1 aromatic carbocycles. The van der Waals surface area contributed by atoms with Crippen molar-refractivity contribution in [1.29, 1.82) is 0 Å². The molecule has 1 unspecified atom stereocenters. The number of rotatable bonds is 9. The number of aryl methyl sites for hydroxylation is 1. The smallest absolute Gasteiger partial charge is 0.414 e. The number of carboxylic acid groups (broad SMARTS) is 2. The topological polar surface area (TPSA) is 160 Å². The van der Waals surface area contributed by atoms with Gasteiger partial charge >= 0.3 is 17.9 Å². The maximum absolute atomic E-state index is 12.4. The molecule has 0 aliphatic carbocycles. The number of ether oxygens (including phenoxy) is 2. The molecule has 0 aliphatic rings. The molecule has 2 heterocycles. The summed E-state index contributed by atoms with van der Waals surface area (Å²) in [5, 5.41) is 28.8. The van der Waals surface area contributed by atoms with Crippen LogP contribution in [-0.4, -0.2) is 63.7 Å². The van der Waals surface area contributed by atoms with Crippen LogP contribution < -0.4 is 10.1 Å². The Kier molecular flexibility index (Phi) is 9.65. The number of carboxylic acids is 2. The largest absolute Gasteiger partial charge is 0.491 e. The number of nitrogens with zero attached hydrogens (tertiary/aromatic N) is 1. The van der Waals surface area contributed by atoms with Gasteiger partial charge in [-0.2, -0.15) is 0 Å². The van der Waals surface area contributed by atoms with Gasteiger partial charge in [-0.15, -0.1) is 0 Å². The van der Waals surface area contributed by atoms with Crippen molar-refractivity contribution >= 4 is 28.8 Å². The molecule has 0 radical (unpaired) electrons. The van der Waals surface area contributed by atoms with Crippen LogP contribution in [0.4, 0.5) is 0 Å². The van der Waals surface area contributed by atoms with E-state index in [0.29, 0.717) is 31.0 Å². The van der Waals surface area contributed by atoms with Crippen molar-refractivity contribution in [2.24, 2.45) is 7.05 Å². The van der Waals surface area contributed by atoms with Crippen molar-refractivity contribution in [1.82, 2.24) is 9.88 Å². The number of hydrogen-bond acceptors (Lipinski definition) is 8. The molecule has 0 amide bonds. The molecule has 3 rings (SSSR count). The Hall–Kier alpha value is -3.83. The van der Waals surface area contributed by atoms with E-state index in [1.165, 1.54) is 0 Å². The summed E-state index contributed by atoms with van der Waals surface area (Å²) in [5.74, 6) is -2.59. The first-order chi connectivity index (χ1) is 16.1. The number of hydrogen-bond donors (Lipinski definition) is 4. The highest BCUT2D eigenvalue weighted by Gasteiger charge is 2.20. The van der Waals surface area contributed by atoms with Crippen LogP contribution >= 0.6 is 0 Å². The molecule has 1 atom stereocenters. The van der Waals surface area contributed by atoms with Crippen LogP contribution in [0.3, 0.4) is 0 Å². The number of esters is 1. The van der Waals surface area contributed by atoms with Crippen LogP contribution in [0.5, 0.6) is 5.75 Å². The predicted molar refractivity (Wildman–Crippen MR) is 121 cm³/mol. The second kappa shape index (κ2) is 12.4. The molecule has 0 bridgehead atoms. The van der Waals surface area contributed by atoms with Crippen LogP contribution in [0, 0.1) is 6.92 Å². The van der Waals surface area contributed by atoms with Gasteiger partial charge < -0.3 is 39.1 Å². The third kappa shape index (κ3) is 7.09. The molecule has 2 aromatic heterocycles. The van der Waals surface area contributed by atoms with E-state index < -0.39 is 18.0 Å². The average molecular weight is 476 g/mol. The van der Waals surface area contributed by atoms with Gasteiger partial charge in [-0.25, -0.2) is 14.4 Å². The standard InChI is InChI=1S/C21H26N2O5.C2H2O4/c1-4-26-21(25)20-14(2)23(3)19-8-7-16(10-18(19)20)28-13-15(24)11-22-12-17-6-5-9-27-17;3-1(4)2(5)6/h5-10,15,22,24H,4,11-13H2,1-3H3;(H,3,4)(H,5,6). The number of aliphatic hydroxyl groups is 1.